The van der Waals surface area contributed by atoms with Crippen molar-refractivity contribution >= 4 is 38.4 Å². The Hall–Kier alpha value is -2.86. The van der Waals surface area contributed by atoms with Crippen LogP contribution in [0.2, 0.25) is 0 Å². The zero-order valence-corrected chi connectivity index (χ0v) is 19.1. The van der Waals surface area contributed by atoms with E-state index in [0.717, 1.165) is 29.4 Å². The molecule has 0 aliphatic carbocycles. The number of para-hydroxylation sites is 2. The number of hydrogen-bond donors (Lipinski definition) is 0. The van der Waals surface area contributed by atoms with Gasteiger partial charge in [-0.2, -0.15) is 0 Å². The second-order valence-corrected chi connectivity index (χ2v) is 8.80. The highest BCUT2D eigenvalue weighted by molar-refractivity contribution is 7.17. The SMILES string of the molecule is CCCC(CC(=O)OCC)n1c(=O)n(Cc2csc3cccc(C)c23)c2ccccc21. The molecule has 0 amide bonds. The van der Waals surface area contributed by atoms with Gasteiger partial charge in [-0.25, -0.2) is 4.79 Å². The molecule has 2 aromatic heterocycles. The third-order valence-electron chi connectivity index (χ3n) is 5.78. The Kier molecular flexibility index (Phi) is 6.28. The van der Waals surface area contributed by atoms with Crippen LogP contribution in [-0.2, 0) is 16.1 Å². The van der Waals surface area contributed by atoms with Crippen molar-refractivity contribution in [3.63, 3.8) is 0 Å². The summed E-state index contributed by atoms with van der Waals surface area (Å²) in [6, 6.07) is 13.9. The molecule has 0 radical (unpaired) electrons. The summed E-state index contributed by atoms with van der Waals surface area (Å²) in [6.45, 7) is 6.84. The summed E-state index contributed by atoms with van der Waals surface area (Å²) < 4.78 is 10.1. The minimum absolute atomic E-state index is 0.0723. The van der Waals surface area contributed by atoms with Gasteiger partial charge in [-0.1, -0.05) is 37.6 Å². The number of carbonyl (C=O) groups is 1. The van der Waals surface area contributed by atoms with Crippen LogP contribution in [0.4, 0.5) is 0 Å². The molecule has 2 aromatic carbocycles. The van der Waals surface area contributed by atoms with E-state index < -0.39 is 0 Å². The Bertz CT molecular complexity index is 1280. The van der Waals surface area contributed by atoms with Gasteiger partial charge in [-0.05, 0) is 55.0 Å². The smallest absolute Gasteiger partial charge is 0.329 e. The van der Waals surface area contributed by atoms with Crippen LogP contribution in [0.3, 0.4) is 0 Å². The second-order valence-electron chi connectivity index (χ2n) is 7.89. The molecule has 31 heavy (non-hydrogen) atoms. The molecule has 0 saturated carbocycles. The average Bonchev–Trinajstić information content (AvgIpc) is 3.28. The van der Waals surface area contributed by atoms with Gasteiger partial charge in [-0.3, -0.25) is 13.9 Å². The summed E-state index contributed by atoms with van der Waals surface area (Å²) in [5, 5.41) is 3.38. The van der Waals surface area contributed by atoms with Crippen molar-refractivity contribution in [3.8, 4) is 0 Å². The highest BCUT2D eigenvalue weighted by Crippen LogP contribution is 2.30. The first-order valence-electron chi connectivity index (χ1n) is 10.9. The van der Waals surface area contributed by atoms with Gasteiger partial charge in [0, 0.05) is 16.1 Å². The molecule has 0 bridgehead atoms. The summed E-state index contributed by atoms with van der Waals surface area (Å²) in [5.41, 5.74) is 4.06. The van der Waals surface area contributed by atoms with E-state index in [9.17, 15) is 9.59 Å². The molecular formula is C25H28N2O3S. The lowest BCUT2D eigenvalue weighted by Crippen LogP contribution is -2.29. The molecule has 0 spiro atoms. The van der Waals surface area contributed by atoms with E-state index in [-0.39, 0.29) is 24.1 Å². The predicted octanol–water partition coefficient (Wildman–Crippen LogP) is 5.67. The number of ether oxygens (including phenoxy) is 1. The predicted molar refractivity (Wildman–Crippen MR) is 127 cm³/mol. The van der Waals surface area contributed by atoms with Crippen LogP contribution in [0.1, 0.15) is 50.3 Å². The molecule has 6 heteroatoms. The van der Waals surface area contributed by atoms with Crippen molar-refractivity contribution < 1.29 is 9.53 Å². The van der Waals surface area contributed by atoms with Gasteiger partial charge in [0.15, 0.2) is 0 Å². The van der Waals surface area contributed by atoms with Gasteiger partial charge in [0.05, 0.1) is 30.6 Å². The third-order valence-corrected chi connectivity index (χ3v) is 6.77. The maximum absolute atomic E-state index is 13.7. The van der Waals surface area contributed by atoms with Gasteiger partial charge in [0.2, 0.25) is 0 Å². The Morgan fingerprint density at radius 3 is 2.61 bits per heavy atom. The summed E-state index contributed by atoms with van der Waals surface area (Å²) in [4.78, 5) is 25.9. The number of rotatable bonds is 8. The first-order chi connectivity index (χ1) is 15.0. The number of fused-ring (bicyclic) bond motifs is 2. The lowest BCUT2D eigenvalue weighted by Gasteiger charge is -2.17. The normalized spacial score (nSPS) is 12.5. The number of hydrogen-bond acceptors (Lipinski definition) is 4. The molecule has 4 rings (SSSR count). The fourth-order valence-electron chi connectivity index (χ4n) is 4.44. The fourth-order valence-corrected chi connectivity index (χ4v) is 5.47. The number of nitrogens with zero attached hydrogens (tertiary/aromatic N) is 2. The molecule has 0 aliphatic heterocycles. The zero-order valence-electron chi connectivity index (χ0n) is 18.3. The molecule has 0 fully saturated rings. The topological polar surface area (TPSA) is 53.2 Å². The van der Waals surface area contributed by atoms with Crippen LogP contribution < -0.4 is 5.69 Å². The van der Waals surface area contributed by atoms with E-state index in [1.165, 1.54) is 15.6 Å². The van der Waals surface area contributed by atoms with Gasteiger partial charge in [-0.15, -0.1) is 11.3 Å². The molecular weight excluding hydrogens is 408 g/mol. The van der Waals surface area contributed by atoms with Crippen LogP contribution in [0, 0.1) is 6.92 Å². The van der Waals surface area contributed by atoms with Crippen molar-refractivity contribution in [2.45, 2.75) is 52.6 Å². The molecule has 5 nitrogen and oxygen atoms in total. The van der Waals surface area contributed by atoms with Crippen LogP contribution in [0.5, 0.6) is 0 Å². The molecule has 4 aromatic rings. The van der Waals surface area contributed by atoms with Gasteiger partial charge in [0.25, 0.3) is 0 Å². The van der Waals surface area contributed by atoms with Gasteiger partial charge >= 0.3 is 11.7 Å². The standard InChI is InChI=1S/C25H28N2O3S/c1-4-9-19(14-23(28)30-5-2)27-21-12-7-6-11-20(21)26(25(27)29)15-18-16-31-22-13-8-10-17(3)24(18)22/h6-8,10-13,16,19H,4-5,9,14-15H2,1-3H3. The zero-order chi connectivity index (χ0) is 22.0. The van der Waals surface area contributed by atoms with Crippen molar-refractivity contribution in [2.75, 3.05) is 6.61 Å². The van der Waals surface area contributed by atoms with E-state index >= 15 is 0 Å². The maximum Gasteiger partial charge on any atom is 0.329 e. The van der Waals surface area contributed by atoms with Crippen LogP contribution in [0.15, 0.2) is 52.6 Å². The summed E-state index contributed by atoms with van der Waals surface area (Å²) in [6.07, 6.45) is 1.83. The Balaban J connectivity index is 1.83. The lowest BCUT2D eigenvalue weighted by molar-refractivity contribution is -0.144. The number of carbonyl (C=O) groups excluding carboxylic acids is 1. The van der Waals surface area contributed by atoms with Crippen molar-refractivity contribution in [3.05, 3.63) is 69.5 Å². The van der Waals surface area contributed by atoms with E-state index in [2.05, 4.69) is 37.4 Å². The summed E-state index contributed by atoms with van der Waals surface area (Å²) >= 11 is 1.71. The largest absolute Gasteiger partial charge is 0.466 e. The minimum Gasteiger partial charge on any atom is -0.466 e. The van der Waals surface area contributed by atoms with Crippen molar-refractivity contribution in [2.24, 2.45) is 0 Å². The van der Waals surface area contributed by atoms with E-state index in [0.29, 0.717) is 13.2 Å². The summed E-state index contributed by atoms with van der Waals surface area (Å²) in [5.74, 6) is -0.260. The Morgan fingerprint density at radius 1 is 1.10 bits per heavy atom. The van der Waals surface area contributed by atoms with Crippen LogP contribution in [-0.4, -0.2) is 21.7 Å². The molecule has 2 heterocycles. The van der Waals surface area contributed by atoms with E-state index in [1.807, 2.05) is 28.8 Å². The lowest BCUT2D eigenvalue weighted by atomic mass is 10.1. The average molecular weight is 437 g/mol. The molecule has 0 N–H and O–H groups in total. The third kappa shape index (κ3) is 4.04. The second kappa shape index (κ2) is 9.10. The first kappa shape index (κ1) is 21.4. The molecule has 0 aliphatic rings. The van der Waals surface area contributed by atoms with E-state index in [1.54, 1.807) is 22.8 Å². The van der Waals surface area contributed by atoms with Crippen LogP contribution in [0.25, 0.3) is 21.1 Å². The Morgan fingerprint density at radius 2 is 1.87 bits per heavy atom. The minimum atomic E-state index is -0.260. The highest BCUT2D eigenvalue weighted by atomic mass is 32.1. The number of thiophene rings is 1. The molecule has 1 atom stereocenters. The quantitative estimate of drug-likeness (QED) is 0.335. The fraction of sp³-hybridized carbons (Fsp3) is 0.360. The van der Waals surface area contributed by atoms with Crippen molar-refractivity contribution in [1.29, 1.82) is 0 Å². The van der Waals surface area contributed by atoms with Gasteiger partial charge < -0.3 is 4.74 Å². The number of benzene rings is 2. The first-order valence-corrected chi connectivity index (χ1v) is 11.7. The van der Waals surface area contributed by atoms with Crippen molar-refractivity contribution in [1.82, 2.24) is 9.13 Å². The number of esters is 1. The molecule has 1 unspecified atom stereocenters. The number of aryl methyl sites for hydroxylation is 1. The Labute approximate surface area is 185 Å². The van der Waals surface area contributed by atoms with Gasteiger partial charge in [0.1, 0.15) is 0 Å². The highest BCUT2D eigenvalue weighted by Gasteiger charge is 2.23. The monoisotopic (exact) mass is 436 g/mol. The molecule has 0 saturated heterocycles. The number of imidazole rings is 1. The maximum atomic E-state index is 13.7. The van der Waals surface area contributed by atoms with E-state index in [4.69, 9.17) is 4.74 Å². The molecule has 162 valence electrons. The number of aromatic nitrogens is 2. The summed E-state index contributed by atoms with van der Waals surface area (Å²) in [7, 11) is 0. The van der Waals surface area contributed by atoms with Crippen LogP contribution >= 0.6 is 11.3 Å².